The number of ether oxygens (including phenoxy) is 3. The van der Waals surface area contributed by atoms with Crippen molar-refractivity contribution in [1.29, 1.82) is 0 Å². The molecule has 0 aromatic carbocycles. The van der Waals surface area contributed by atoms with E-state index in [1.807, 2.05) is 4.98 Å². The number of aromatic amines is 1. The first kappa shape index (κ1) is 19.3. The zero-order valence-corrected chi connectivity index (χ0v) is 13.8. The molecule has 0 bridgehead atoms. The summed E-state index contributed by atoms with van der Waals surface area (Å²) >= 11 is 0. The number of phosphoric ester groups is 1. The van der Waals surface area contributed by atoms with Crippen LogP contribution in [0.15, 0.2) is 33.4 Å². The Morgan fingerprint density at radius 3 is 2.64 bits per heavy atom. The van der Waals surface area contributed by atoms with Crippen molar-refractivity contribution in [3.8, 4) is 0 Å². The van der Waals surface area contributed by atoms with Crippen LogP contribution in [0.3, 0.4) is 0 Å². The topological polar surface area (TPSA) is 201 Å². The maximum Gasteiger partial charge on any atom is 0.470 e. The second-order valence-electron chi connectivity index (χ2n) is 4.82. The Morgan fingerprint density at radius 2 is 2.12 bits per heavy atom. The van der Waals surface area contributed by atoms with Crippen molar-refractivity contribution in [2.24, 2.45) is 11.5 Å². The molecule has 7 N–H and O–H groups in total. The summed E-state index contributed by atoms with van der Waals surface area (Å²) in [6.45, 7) is -0.694. The molecule has 2 heterocycles. The molecule has 2 atom stereocenters. The first-order chi connectivity index (χ1) is 11.6. The van der Waals surface area contributed by atoms with Crippen molar-refractivity contribution in [1.82, 2.24) is 9.55 Å². The van der Waals surface area contributed by atoms with Gasteiger partial charge >= 0.3 is 13.5 Å². The van der Waals surface area contributed by atoms with E-state index in [2.05, 4.69) is 4.52 Å². The SMILES string of the molecule is COC1C(OC(N)N)=C(COP(=O)(O)O)O[C@H]1n1ccc(=O)[nH]c1=O. The van der Waals surface area contributed by atoms with Crippen LogP contribution >= 0.6 is 7.82 Å². The van der Waals surface area contributed by atoms with Crippen LogP contribution < -0.4 is 22.7 Å². The molecule has 2 rings (SSSR count). The van der Waals surface area contributed by atoms with Gasteiger partial charge < -0.3 is 24.0 Å². The van der Waals surface area contributed by atoms with Crippen LogP contribution in [0.5, 0.6) is 0 Å². The first-order valence-electron chi connectivity index (χ1n) is 6.74. The molecule has 0 radical (unpaired) electrons. The van der Waals surface area contributed by atoms with Crippen LogP contribution in [0.4, 0.5) is 0 Å². The number of hydrogen-bond acceptors (Lipinski definition) is 9. The van der Waals surface area contributed by atoms with Crippen LogP contribution in [0, 0.1) is 0 Å². The molecule has 25 heavy (non-hydrogen) atoms. The summed E-state index contributed by atoms with van der Waals surface area (Å²) in [5.41, 5.74) is 9.32. The number of nitrogens with one attached hydrogen (secondary N) is 1. The fraction of sp³-hybridized carbons (Fsp3) is 0.455. The van der Waals surface area contributed by atoms with Gasteiger partial charge in [-0.05, 0) is 0 Å². The van der Waals surface area contributed by atoms with E-state index in [1.165, 1.54) is 7.11 Å². The summed E-state index contributed by atoms with van der Waals surface area (Å²) < 4.78 is 32.1. The van der Waals surface area contributed by atoms with Crippen LogP contribution in [-0.2, 0) is 23.3 Å². The lowest BCUT2D eigenvalue weighted by atomic mass is 10.2. The van der Waals surface area contributed by atoms with Gasteiger partial charge in [0, 0.05) is 19.4 Å². The molecule has 1 aliphatic heterocycles. The summed E-state index contributed by atoms with van der Waals surface area (Å²) in [6, 6.07) is 1.08. The van der Waals surface area contributed by atoms with E-state index >= 15 is 0 Å². The third-order valence-corrected chi connectivity index (χ3v) is 3.53. The molecule has 1 unspecified atom stereocenters. The molecule has 13 nitrogen and oxygen atoms in total. The molecule has 14 heteroatoms. The minimum absolute atomic E-state index is 0.103. The van der Waals surface area contributed by atoms with Gasteiger partial charge in [-0.2, -0.15) is 0 Å². The van der Waals surface area contributed by atoms with Crippen LogP contribution in [0.1, 0.15) is 6.23 Å². The lowest BCUT2D eigenvalue weighted by Gasteiger charge is -2.21. The molecule has 0 saturated carbocycles. The Hall–Kier alpha value is -1.99. The van der Waals surface area contributed by atoms with Gasteiger partial charge in [-0.15, -0.1) is 0 Å². The summed E-state index contributed by atoms with van der Waals surface area (Å²) in [5.74, 6) is -0.284. The van der Waals surface area contributed by atoms with E-state index in [1.54, 1.807) is 0 Å². The van der Waals surface area contributed by atoms with E-state index in [-0.39, 0.29) is 11.5 Å². The molecule has 0 aliphatic carbocycles. The van der Waals surface area contributed by atoms with Gasteiger partial charge in [-0.3, -0.25) is 30.3 Å². The average Bonchev–Trinajstić information content (AvgIpc) is 2.81. The molecule has 0 fully saturated rings. The number of rotatable bonds is 7. The van der Waals surface area contributed by atoms with E-state index in [0.717, 1.165) is 16.8 Å². The quantitative estimate of drug-likeness (QED) is 0.250. The average molecular weight is 380 g/mol. The van der Waals surface area contributed by atoms with Gasteiger partial charge in [-0.1, -0.05) is 0 Å². The maximum atomic E-state index is 11.9. The predicted molar refractivity (Wildman–Crippen MR) is 80.5 cm³/mol. The summed E-state index contributed by atoms with van der Waals surface area (Å²) in [5, 5.41) is 0. The van der Waals surface area contributed by atoms with Crippen molar-refractivity contribution in [3.05, 3.63) is 44.6 Å². The fourth-order valence-electron chi connectivity index (χ4n) is 2.13. The zero-order chi connectivity index (χ0) is 18.8. The standard InChI is InChI=1S/C11H17N4O9P/c1-21-8-7(24-10(12)13)5(4-22-25(18,19)20)23-9(8)15-3-2-6(16)14-11(15)17/h2-3,8-10H,4,12-13H2,1H3,(H,14,16,17)(H2,18,19,20)/t8?,9-/m1/s1. The molecule has 1 aliphatic rings. The van der Waals surface area contributed by atoms with E-state index in [4.69, 9.17) is 35.5 Å². The van der Waals surface area contributed by atoms with Crippen molar-refractivity contribution in [2.75, 3.05) is 13.7 Å². The highest BCUT2D eigenvalue weighted by Crippen LogP contribution is 2.40. The summed E-state index contributed by atoms with van der Waals surface area (Å²) in [4.78, 5) is 42.8. The monoisotopic (exact) mass is 380 g/mol. The number of hydrogen-bond donors (Lipinski definition) is 5. The lowest BCUT2D eigenvalue weighted by Crippen LogP contribution is -2.39. The minimum atomic E-state index is -4.80. The second-order valence-corrected chi connectivity index (χ2v) is 6.06. The molecule has 0 amide bonds. The van der Waals surface area contributed by atoms with Crippen LogP contribution in [0.25, 0.3) is 0 Å². The fourth-order valence-corrected chi connectivity index (χ4v) is 2.42. The number of H-pyrrole nitrogens is 1. The largest absolute Gasteiger partial charge is 0.470 e. The van der Waals surface area contributed by atoms with Gasteiger partial charge in [0.2, 0.25) is 12.6 Å². The van der Waals surface area contributed by atoms with Crippen molar-refractivity contribution in [2.45, 2.75) is 18.7 Å². The molecule has 0 spiro atoms. The highest BCUT2D eigenvalue weighted by atomic mass is 31.2. The zero-order valence-electron chi connectivity index (χ0n) is 12.9. The molecule has 140 valence electrons. The van der Waals surface area contributed by atoms with Crippen molar-refractivity contribution < 1.29 is 33.1 Å². The maximum absolute atomic E-state index is 11.9. The summed E-state index contributed by atoms with van der Waals surface area (Å²) in [6.07, 6.45) is -2.34. The lowest BCUT2D eigenvalue weighted by molar-refractivity contribution is -0.0459. The Bertz CT molecular complexity index is 810. The smallest absolute Gasteiger partial charge is 0.465 e. The Labute approximate surface area is 140 Å². The molecular formula is C11H17N4O9P. The Kier molecular flexibility index (Phi) is 5.80. The first-order valence-corrected chi connectivity index (χ1v) is 8.27. The van der Waals surface area contributed by atoms with Gasteiger partial charge in [0.1, 0.15) is 6.61 Å². The highest BCUT2D eigenvalue weighted by molar-refractivity contribution is 7.46. The number of phosphoric acid groups is 1. The minimum Gasteiger partial charge on any atom is -0.465 e. The van der Waals surface area contributed by atoms with Gasteiger partial charge in [0.15, 0.2) is 17.6 Å². The molecule has 1 aromatic heterocycles. The number of nitrogens with zero attached hydrogens (tertiary/aromatic N) is 1. The normalized spacial score (nSPS) is 20.9. The van der Waals surface area contributed by atoms with E-state index in [0.29, 0.717) is 0 Å². The Morgan fingerprint density at radius 1 is 1.44 bits per heavy atom. The third kappa shape index (κ3) is 4.76. The van der Waals surface area contributed by atoms with E-state index in [9.17, 15) is 14.2 Å². The second kappa shape index (κ2) is 7.49. The van der Waals surface area contributed by atoms with Crippen LogP contribution in [0.2, 0.25) is 0 Å². The molecule has 0 saturated heterocycles. The number of methoxy groups -OCH3 is 1. The number of aromatic nitrogens is 2. The summed E-state index contributed by atoms with van der Waals surface area (Å²) in [7, 11) is -3.53. The molecular weight excluding hydrogens is 363 g/mol. The molecule has 1 aromatic rings. The van der Waals surface area contributed by atoms with Crippen molar-refractivity contribution >= 4 is 7.82 Å². The Balaban J connectivity index is 2.38. The van der Waals surface area contributed by atoms with Crippen molar-refractivity contribution in [3.63, 3.8) is 0 Å². The van der Waals surface area contributed by atoms with Gasteiger partial charge in [0.25, 0.3) is 5.56 Å². The van der Waals surface area contributed by atoms with E-state index < -0.39 is 44.4 Å². The number of nitrogens with two attached hydrogens (primary N) is 2. The van der Waals surface area contributed by atoms with Gasteiger partial charge in [0.05, 0.1) is 0 Å². The predicted octanol–water partition coefficient (Wildman–Crippen LogP) is -2.38. The third-order valence-electron chi connectivity index (χ3n) is 3.06. The van der Waals surface area contributed by atoms with Gasteiger partial charge in [-0.25, -0.2) is 9.36 Å². The van der Waals surface area contributed by atoms with Crippen LogP contribution in [-0.4, -0.2) is 45.5 Å². The highest BCUT2D eigenvalue weighted by Gasteiger charge is 2.41.